The van der Waals surface area contributed by atoms with E-state index < -0.39 is 0 Å². The number of carbonyl (C=O) groups is 2. The molecule has 132 valence electrons. The minimum Gasteiger partial charge on any atom is -0.332 e. The van der Waals surface area contributed by atoms with Crippen LogP contribution in [0.2, 0.25) is 0 Å². The number of nitrogens with one attached hydrogen (secondary N) is 1. The summed E-state index contributed by atoms with van der Waals surface area (Å²) in [6.45, 7) is 6.28. The number of nitrogens with zero attached hydrogens (tertiary/aromatic N) is 1. The maximum Gasteiger partial charge on any atom is 0.254 e. The summed E-state index contributed by atoms with van der Waals surface area (Å²) in [5.74, 6) is 0.0658. The van der Waals surface area contributed by atoms with E-state index in [0.717, 1.165) is 17.7 Å². The molecule has 0 saturated heterocycles. The van der Waals surface area contributed by atoms with Crippen molar-refractivity contribution >= 4 is 17.5 Å². The molecule has 0 spiro atoms. The number of rotatable bonds is 6. The number of likely N-dealkylation sites (N-methyl/N-ethyl adjacent to an activating group) is 1. The van der Waals surface area contributed by atoms with E-state index in [9.17, 15) is 9.59 Å². The molecule has 0 aromatic heterocycles. The van der Waals surface area contributed by atoms with Gasteiger partial charge >= 0.3 is 0 Å². The van der Waals surface area contributed by atoms with E-state index in [0.29, 0.717) is 11.5 Å². The van der Waals surface area contributed by atoms with Gasteiger partial charge in [-0.1, -0.05) is 51.1 Å². The van der Waals surface area contributed by atoms with Gasteiger partial charge < -0.3 is 10.2 Å². The summed E-state index contributed by atoms with van der Waals surface area (Å²) < 4.78 is 0. The molecule has 2 aromatic carbocycles. The molecule has 0 bridgehead atoms. The molecule has 0 atom stereocenters. The number of amides is 2. The molecule has 0 aliphatic carbocycles. The molecule has 0 aliphatic rings. The van der Waals surface area contributed by atoms with Crippen LogP contribution in [0.5, 0.6) is 0 Å². The van der Waals surface area contributed by atoms with Crippen LogP contribution in [0.1, 0.15) is 48.2 Å². The van der Waals surface area contributed by atoms with Crippen molar-refractivity contribution in [2.75, 3.05) is 18.9 Å². The zero-order valence-corrected chi connectivity index (χ0v) is 15.4. The van der Waals surface area contributed by atoms with Crippen LogP contribution in [0, 0.1) is 0 Å². The third-order valence-corrected chi connectivity index (χ3v) is 4.22. The van der Waals surface area contributed by atoms with Crippen molar-refractivity contribution in [3.05, 3.63) is 65.2 Å². The SMILES string of the molecule is CCc1ccccc1NC(=O)CN(C)C(=O)c1ccc(C(C)C)cc1. The van der Waals surface area contributed by atoms with Crippen molar-refractivity contribution in [2.45, 2.75) is 33.1 Å². The van der Waals surface area contributed by atoms with Crippen molar-refractivity contribution in [3.8, 4) is 0 Å². The Hall–Kier alpha value is -2.62. The minimum absolute atomic E-state index is 0.0167. The number of anilines is 1. The van der Waals surface area contributed by atoms with Gasteiger partial charge in [-0.2, -0.15) is 0 Å². The number of benzene rings is 2. The molecular weight excluding hydrogens is 312 g/mol. The average Bonchev–Trinajstić information content (AvgIpc) is 2.61. The molecule has 0 unspecified atom stereocenters. The molecule has 4 nitrogen and oxygen atoms in total. The van der Waals surface area contributed by atoms with E-state index >= 15 is 0 Å². The minimum atomic E-state index is -0.199. The number of aryl methyl sites for hydroxylation is 1. The molecular formula is C21H26N2O2. The summed E-state index contributed by atoms with van der Waals surface area (Å²) in [4.78, 5) is 26.2. The van der Waals surface area contributed by atoms with E-state index in [2.05, 4.69) is 19.2 Å². The Labute approximate surface area is 149 Å². The number of hydrogen-bond donors (Lipinski definition) is 1. The molecule has 2 rings (SSSR count). The van der Waals surface area contributed by atoms with E-state index in [1.807, 2.05) is 55.5 Å². The Bertz CT molecular complexity index is 736. The Kier molecular flexibility index (Phi) is 6.34. The monoisotopic (exact) mass is 338 g/mol. The second-order valence-corrected chi connectivity index (χ2v) is 6.50. The normalized spacial score (nSPS) is 10.6. The largest absolute Gasteiger partial charge is 0.332 e. The first-order valence-electron chi connectivity index (χ1n) is 8.65. The van der Waals surface area contributed by atoms with Crippen molar-refractivity contribution < 1.29 is 9.59 Å². The topological polar surface area (TPSA) is 49.4 Å². The number of carbonyl (C=O) groups excluding carboxylic acids is 2. The highest BCUT2D eigenvalue weighted by Crippen LogP contribution is 2.17. The second-order valence-electron chi connectivity index (χ2n) is 6.50. The van der Waals surface area contributed by atoms with E-state index in [1.54, 1.807) is 7.05 Å². The summed E-state index contributed by atoms with van der Waals surface area (Å²) >= 11 is 0. The third-order valence-electron chi connectivity index (χ3n) is 4.22. The highest BCUT2D eigenvalue weighted by molar-refractivity contribution is 5.99. The Morgan fingerprint density at radius 3 is 2.28 bits per heavy atom. The fourth-order valence-corrected chi connectivity index (χ4v) is 2.66. The van der Waals surface area contributed by atoms with Gasteiger partial charge in [0.15, 0.2) is 0 Å². The van der Waals surface area contributed by atoms with Crippen LogP contribution in [0.4, 0.5) is 5.69 Å². The molecule has 0 fully saturated rings. The van der Waals surface area contributed by atoms with Crippen molar-refractivity contribution in [2.24, 2.45) is 0 Å². The first kappa shape index (κ1) is 18.7. The quantitative estimate of drug-likeness (QED) is 0.862. The van der Waals surface area contributed by atoms with Crippen LogP contribution >= 0.6 is 0 Å². The second kappa shape index (κ2) is 8.47. The Morgan fingerprint density at radius 1 is 1.04 bits per heavy atom. The first-order valence-corrected chi connectivity index (χ1v) is 8.65. The van der Waals surface area contributed by atoms with Crippen LogP contribution in [0.25, 0.3) is 0 Å². The van der Waals surface area contributed by atoms with Crippen LogP contribution in [-0.4, -0.2) is 30.3 Å². The smallest absolute Gasteiger partial charge is 0.254 e. The summed E-state index contributed by atoms with van der Waals surface area (Å²) in [6.07, 6.45) is 0.841. The zero-order chi connectivity index (χ0) is 18.4. The van der Waals surface area contributed by atoms with Gasteiger partial charge in [0.25, 0.3) is 5.91 Å². The van der Waals surface area contributed by atoms with Crippen molar-refractivity contribution in [1.29, 1.82) is 0 Å². The molecule has 1 N–H and O–H groups in total. The fraction of sp³-hybridized carbons (Fsp3) is 0.333. The molecule has 0 saturated carbocycles. The Morgan fingerprint density at radius 2 is 1.68 bits per heavy atom. The van der Waals surface area contributed by atoms with Crippen LogP contribution < -0.4 is 5.32 Å². The molecule has 2 aromatic rings. The van der Waals surface area contributed by atoms with Crippen molar-refractivity contribution in [1.82, 2.24) is 4.90 Å². The van der Waals surface area contributed by atoms with Crippen molar-refractivity contribution in [3.63, 3.8) is 0 Å². The number of hydrogen-bond acceptors (Lipinski definition) is 2. The molecule has 0 heterocycles. The first-order chi connectivity index (χ1) is 11.9. The fourth-order valence-electron chi connectivity index (χ4n) is 2.66. The number of para-hydroxylation sites is 1. The highest BCUT2D eigenvalue weighted by Gasteiger charge is 2.16. The maximum absolute atomic E-state index is 12.5. The van der Waals surface area contributed by atoms with Gasteiger partial charge in [-0.05, 0) is 41.7 Å². The molecule has 0 aliphatic heterocycles. The molecule has 4 heteroatoms. The third kappa shape index (κ3) is 4.92. The summed E-state index contributed by atoms with van der Waals surface area (Å²) in [7, 11) is 1.64. The highest BCUT2D eigenvalue weighted by atomic mass is 16.2. The lowest BCUT2D eigenvalue weighted by atomic mass is 10.0. The van der Waals surface area contributed by atoms with Gasteiger partial charge in [-0.15, -0.1) is 0 Å². The van der Waals surface area contributed by atoms with Crippen LogP contribution in [0.3, 0.4) is 0 Å². The van der Waals surface area contributed by atoms with Gasteiger partial charge in [-0.3, -0.25) is 9.59 Å². The molecule has 25 heavy (non-hydrogen) atoms. The summed E-state index contributed by atoms with van der Waals surface area (Å²) in [5.41, 5.74) is 3.66. The maximum atomic E-state index is 12.5. The lowest BCUT2D eigenvalue weighted by Gasteiger charge is -2.18. The van der Waals surface area contributed by atoms with E-state index in [4.69, 9.17) is 0 Å². The standard InChI is InChI=1S/C21H26N2O2/c1-5-16-8-6-7-9-19(16)22-20(24)14-23(4)21(25)18-12-10-17(11-13-18)15(2)3/h6-13,15H,5,14H2,1-4H3,(H,22,24). The molecule has 0 radical (unpaired) electrons. The average molecular weight is 338 g/mol. The van der Waals surface area contributed by atoms with Crippen LogP contribution in [-0.2, 0) is 11.2 Å². The lowest BCUT2D eigenvalue weighted by Crippen LogP contribution is -2.35. The van der Waals surface area contributed by atoms with E-state index in [-0.39, 0.29) is 18.4 Å². The summed E-state index contributed by atoms with van der Waals surface area (Å²) in [5, 5.41) is 2.89. The predicted molar refractivity (Wildman–Crippen MR) is 102 cm³/mol. The van der Waals surface area contributed by atoms with Gasteiger partial charge in [0.1, 0.15) is 0 Å². The zero-order valence-electron chi connectivity index (χ0n) is 15.4. The Balaban J connectivity index is 1.99. The molecule has 2 amide bonds. The van der Waals surface area contributed by atoms with E-state index in [1.165, 1.54) is 10.5 Å². The lowest BCUT2D eigenvalue weighted by molar-refractivity contribution is -0.116. The summed E-state index contributed by atoms with van der Waals surface area (Å²) in [6, 6.07) is 15.3. The predicted octanol–water partition coefficient (Wildman–Crippen LogP) is 4.08. The van der Waals surface area contributed by atoms with Gasteiger partial charge in [0.2, 0.25) is 5.91 Å². The van der Waals surface area contributed by atoms with Crippen LogP contribution in [0.15, 0.2) is 48.5 Å². The van der Waals surface area contributed by atoms with Gasteiger partial charge in [0, 0.05) is 18.3 Å². The van der Waals surface area contributed by atoms with Gasteiger partial charge in [0.05, 0.1) is 6.54 Å². The van der Waals surface area contributed by atoms with Gasteiger partial charge in [-0.25, -0.2) is 0 Å².